The van der Waals surface area contributed by atoms with E-state index in [9.17, 15) is 19.7 Å². The van der Waals surface area contributed by atoms with E-state index in [0.29, 0.717) is 13.1 Å². The number of hydrogen-bond acceptors (Lipinski definition) is 5. The van der Waals surface area contributed by atoms with Crippen molar-refractivity contribution >= 4 is 17.6 Å². The number of hydrogen-bond donors (Lipinski definition) is 0. The number of esters is 1. The van der Waals surface area contributed by atoms with Gasteiger partial charge in [-0.3, -0.25) is 14.9 Å². The molecule has 0 N–H and O–H groups in total. The van der Waals surface area contributed by atoms with Gasteiger partial charge in [-0.1, -0.05) is 0 Å². The number of likely N-dealkylation sites (tertiary alicyclic amines) is 1. The summed E-state index contributed by atoms with van der Waals surface area (Å²) in [4.78, 5) is 35.9. The summed E-state index contributed by atoms with van der Waals surface area (Å²) in [5.41, 5.74) is -0.348. The van der Waals surface area contributed by atoms with Crippen LogP contribution in [0.4, 0.5) is 5.69 Å². The van der Waals surface area contributed by atoms with Gasteiger partial charge in [0.15, 0.2) is 0 Å². The SMILES string of the molecule is COC(=O)c1ccc(C(=O)N2CCCCC2)cc1[N+](=O)[O-]. The third-order valence-corrected chi connectivity index (χ3v) is 3.49. The van der Waals surface area contributed by atoms with Crippen molar-refractivity contribution < 1.29 is 19.2 Å². The van der Waals surface area contributed by atoms with Gasteiger partial charge in [0.1, 0.15) is 5.56 Å². The summed E-state index contributed by atoms with van der Waals surface area (Å²) in [5.74, 6) is -1.03. The largest absolute Gasteiger partial charge is 0.465 e. The fraction of sp³-hybridized carbons (Fsp3) is 0.429. The van der Waals surface area contributed by atoms with Crippen molar-refractivity contribution in [3.05, 3.63) is 39.4 Å². The lowest BCUT2D eigenvalue weighted by Crippen LogP contribution is -2.35. The Hall–Kier alpha value is -2.44. The Morgan fingerprint density at radius 1 is 1.24 bits per heavy atom. The standard InChI is InChI=1S/C14H16N2O5/c1-21-14(18)11-6-5-10(9-12(11)16(19)20)13(17)15-7-3-2-4-8-15/h5-6,9H,2-4,7-8H2,1H3. The van der Waals surface area contributed by atoms with Crippen LogP contribution in [0.25, 0.3) is 0 Å². The Morgan fingerprint density at radius 3 is 2.48 bits per heavy atom. The van der Waals surface area contributed by atoms with Gasteiger partial charge >= 0.3 is 5.97 Å². The molecular weight excluding hydrogens is 276 g/mol. The molecule has 1 aromatic rings. The van der Waals surface area contributed by atoms with Gasteiger partial charge in [0.2, 0.25) is 0 Å². The summed E-state index contributed by atoms with van der Waals surface area (Å²) >= 11 is 0. The second-order valence-electron chi connectivity index (χ2n) is 4.83. The molecule has 1 fully saturated rings. The molecule has 0 aromatic heterocycles. The number of nitro benzene ring substituents is 1. The molecule has 0 atom stereocenters. The fourth-order valence-corrected chi connectivity index (χ4v) is 2.38. The third kappa shape index (κ3) is 3.18. The first kappa shape index (κ1) is 15.0. The second kappa shape index (κ2) is 6.34. The number of piperidine rings is 1. The maximum atomic E-state index is 12.3. The zero-order valence-corrected chi connectivity index (χ0v) is 11.7. The van der Waals surface area contributed by atoms with E-state index in [0.717, 1.165) is 32.4 Å². The fourth-order valence-electron chi connectivity index (χ4n) is 2.38. The highest BCUT2D eigenvalue weighted by Crippen LogP contribution is 2.23. The van der Waals surface area contributed by atoms with Gasteiger partial charge in [-0.05, 0) is 31.4 Å². The van der Waals surface area contributed by atoms with Crippen LogP contribution in [-0.4, -0.2) is 41.9 Å². The molecule has 0 unspecified atom stereocenters. The van der Waals surface area contributed by atoms with Crippen LogP contribution in [-0.2, 0) is 4.74 Å². The number of nitro groups is 1. The normalized spacial score (nSPS) is 14.6. The molecule has 7 nitrogen and oxygen atoms in total. The lowest BCUT2D eigenvalue weighted by Gasteiger charge is -2.26. The predicted octanol–water partition coefficient (Wildman–Crippen LogP) is 2.01. The highest BCUT2D eigenvalue weighted by molar-refractivity contribution is 5.99. The second-order valence-corrected chi connectivity index (χ2v) is 4.83. The van der Waals surface area contributed by atoms with Crippen LogP contribution in [0.5, 0.6) is 0 Å². The monoisotopic (exact) mass is 292 g/mol. The van der Waals surface area contributed by atoms with Crippen LogP contribution < -0.4 is 0 Å². The molecule has 112 valence electrons. The minimum atomic E-state index is -0.793. The molecule has 1 aliphatic rings. The van der Waals surface area contributed by atoms with Crippen LogP contribution in [0.3, 0.4) is 0 Å². The zero-order chi connectivity index (χ0) is 15.4. The highest BCUT2D eigenvalue weighted by atomic mass is 16.6. The van der Waals surface area contributed by atoms with Gasteiger partial charge in [-0.25, -0.2) is 4.79 Å². The summed E-state index contributed by atoms with van der Waals surface area (Å²) in [7, 11) is 1.15. The van der Waals surface area contributed by atoms with Crippen LogP contribution in [0.15, 0.2) is 18.2 Å². The van der Waals surface area contributed by atoms with Crippen molar-refractivity contribution in [2.45, 2.75) is 19.3 Å². The van der Waals surface area contributed by atoms with Crippen molar-refractivity contribution in [2.75, 3.05) is 20.2 Å². The molecule has 7 heteroatoms. The number of rotatable bonds is 3. The summed E-state index contributed by atoms with van der Waals surface area (Å²) in [6, 6.07) is 3.83. The van der Waals surface area contributed by atoms with Crippen molar-refractivity contribution in [1.29, 1.82) is 0 Å². The molecule has 21 heavy (non-hydrogen) atoms. The average molecular weight is 292 g/mol. The molecule has 1 saturated heterocycles. The van der Waals surface area contributed by atoms with Crippen molar-refractivity contribution in [3.63, 3.8) is 0 Å². The number of benzene rings is 1. The van der Waals surface area contributed by atoms with Gasteiger partial charge in [-0.15, -0.1) is 0 Å². The molecule has 0 saturated carbocycles. The molecular formula is C14H16N2O5. The number of nitrogens with zero attached hydrogens (tertiary/aromatic N) is 2. The maximum absolute atomic E-state index is 12.3. The first-order valence-corrected chi connectivity index (χ1v) is 6.70. The molecule has 1 heterocycles. The summed E-state index contributed by atoms with van der Waals surface area (Å²) < 4.78 is 4.51. The molecule has 0 aliphatic carbocycles. The van der Waals surface area contributed by atoms with E-state index in [1.54, 1.807) is 4.90 Å². The van der Waals surface area contributed by atoms with E-state index in [4.69, 9.17) is 0 Å². The Bertz CT molecular complexity index is 579. The van der Waals surface area contributed by atoms with E-state index >= 15 is 0 Å². The molecule has 1 amide bonds. The molecule has 0 bridgehead atoms. The molecule has 1 aromatic carbocycles. The van der Waals surface area contributed by atoms with E-state index in [2.05, 4.69) is 4.74 Å². The number of amides is 1. The Morgan fingerprint density at radius 2 is 1.90 bits per heavy atom. The van der Waals surface area contributed by atoms with E-state index in [1.165, 1.54) is 12.1 Å². The number of carbonyl (C=O) groups excluding carboxylic acids is 2. The summed E-state index contributed by atoms with van der Waals surface area (Å²) in [5, 5.41) is 11.1. The quantitative estimate of drug-likeness (QED) is 0.483. The first-order chi connectivity index (χ1) is 10.0. The predicted molar refractivity (Wildman–Crippen MR) is 74.2 cm³/mol. The number of carbonyl (C=O) groups is 2. The van der Waals surface area contributed by atoms with Gasteiger partial charge < -0.3 is 9.64 Å². The smallest absolute Gasteiger partial charge is 0.344 e. The Kier molecular flexibility index (Phi) is 4.52. The number of ether oxygens (including phenoxy) is 1. The van der Waals surface area contributed by atoms with Gasteiger partial charge in [0.25, 0.3) is 11.6 Å². The lowest BCUT2D eigenvalue weighted by atomic mass is 10.1. The first-order valence-electron chi connectivity index (χ1n) is 6.70. The minimum Gasteiger partial charge on any atom is -0.465 e. The molecule has 0 spiro atoms. The van der Waals surface area contributed by atoms with Crippen molar-refractivity contribution in [2.24, 2.45) is 0 Å². The van der Waals surface area contributed by atoms with E-state index in [-0.39, 0.29) is 17.0 Å². The molecule has 1 aliphatic heterocycles. The van der Waals surface area contributed by atoms with Crippen LogP contribution in [0.1, 0.15) is 40.0 Å². The Labute approximate surface area is 121 Å². The summed E-state index contributed by atoms with van der Waals surface area (Å²) in [6.45, 7) is 1.32. The Balaban J connectivity index is 2.33. The van der Waals surface area contributed by atoms with Gasteiger partial charge in [0, 0.05) is 24.7 Å². The number of methoxy groups -OCH3 is 1. The molecule has 0 radical (unpaired) electrons. The highest BCUT2D eigenvalue weighted by Gasteiger charge is 2.25. The zero-order valence-electron chi connectivity index (χ0n) is 11.7. The topological polar surface area (TPSA) is 89.8 Å². The summed E-state index contributed by atoms with van der Waals surface area (Å²) in [6.07, 6.45) is 2.97. The van der Waals surface area contributed by atoms with E-state index in [1.807, 2.05) is 0 Å². The lowest BCUT2D eigenvalue weighted by molar-refractivity contribution is -0.385. The van der Waals surface area contributed by atoms with Crippen molar-refractivity contribution in [1.82, 2.24) is 4.90 Å². The maximum Gasteiger partial charge on any atom is 0.344 e. The van der Waals surface area contributed by atoms with Crippen molar-refractivity contribution in [3.8, 4) is 0 Å². The van der Waals surface area contributed by atoms with Crippen LogP contribution in [0.2, 0.25) is 0 Å². The third-order valence-electron chi connectivity index (χ3n) is 3.49. The van der Waals surface area contributed by atoms with Gasteiger partial charge in [-0.2, -0.15) is 0 Å². The van der Waals surface area contributed by atoms with Crippen LogP contribution in [0, 0.1) is 10.1 Å². The van der Waals surface area contributed by atoms with Gasteiger partial charge in [0.05, 0.1) is 12.0 Å². The van der Waals surface area contributed by atoms with E-state index < -0.39 is 16.6 Å². The minimum absolute atomic E-state index is 0.155. The average Bonchev–Trinajstić information content (AvgIpc) is 2.53. The molecule has 2 rings (SSSR count). The van der Waals surface area contributed by atoms with Crippen LogP contribution >= 0.6 is 0 Å².